The topological polar surface area (TPSA) is 80.6 Å². The van der Waals surface area contributed by atoms with Gasteiger partial charge in [0.05, 0.1) is 19.8 Å². The summed E-state index contributed by atoms with van der Waals surface area (Å²) in [7, 11) is 3.09. The van der Waals surface area contributed by atoms with Crippen LogP contribution >= 0.6 is 0 Å². The number of allylic oxidation sites excluding steroid dienone is 1. The molecule has 0 saturated heterocycles. The Morgan fingerprint density at radius 3 is 2.50 bits per heavy atom. The minimum atomic E-state index is -0.375. The van der Waals surface area contributed by atoms with Gasteiger partial charge in [0, 0.05) is 24.5 Å². The van der Waals surface area contributed by atoms with Crippen molar-refractivity contribution in [2.45, 2.75) is 33.4 Å². The predicted molar refractivity (Wildman–Crippen MR) is 94.8 cm³/mol. The molecule has 1 atom stereocenters. The normalized spacial score (nSPS) is 12.9. The molecule has 6 heteroatoms. The van der Waals surface area contributed by atoms with Gasteiger partial charge in [0.1, 0.15) is 17.7 Å². The molecule has 0 aliphatic heterocycles. The van der Waals surface area contributed by atoms with Crippen LogP contribution in [0.2, 0.25) is 0 Å². The first kappa shape index (κ1) is 19.7. The monoisotopic (exact) mass is 334 g/mol. The van der Waals surface area contributed by atoms with E-state index in [1.165, 1.54) is 7.11 Å². The molecule has 0 spiro atoms. The average molecular weight is 334 g/mol. The molecule has 2 N–H and O–H groups in total. The molecule has 0 saturated carbocycles. The van der Waals surface area contributed by atoms with Gasteiger partial charge in [-0.15, -0.1) is 0 Å². The van der Waals surface area contributed by atoms with Gasteiger partial charge in [0.2, 0.25) is 0 Å². The molecule has 1 amide bonds. The molecule has 0 bridgehead atoms. The number of nitrogens with one attached hydrogen (secondary N) is 2. The highest BCUT2D eigenvalue weighted by Gasteiger charge is 2.21. The van der Waals surface area contributed by atoms with Crippen molar-refractivity contribution in [3.05, 3.63) is 29.3 Å². The van der Waals surface area contributed by atoms with E-state index in [-0.39, 0.29) is 12.1 Å². The Bertz CT molecular complexity index is 611. The first-order valence-electron chi connectivity index (χ1n) is 7.88. The van der Waals surface area contributed by atoms with Gasteiger partial charge >= 0.3 is 0 Å². The van der Waals surface area contributed by atoms with Crippen molar-refractivity contribution in [1.82, 2.24) is 5.32 Å². The molecule has 6 nitrogen and oxygen atoms in total. The number of carbonyl (C=O) groups excluding carboxylic acids is 1. The summed E-state index contributed by atoms with van der Waals surface area (Å²) in [6.45, 7) is 6.03. The van der Waals surface area contributed by atoms with Crippen molar-refractivity contribution >= 4 is 17.7 Å². The van der Waals surface area contributed by atoms with Crippen LogP contribution in [0.1, 0.15) is 32.8 Å². The largest absolute Gasteiger partial charge is 0.497 e. The van der Waals surface area contributed by atoms with E-state index in [1.54, 1.807) is 32.2 Å². The van der Waals surface area contributed by atoms with Crippen molar-refractivity contribution in [3.63, 3.8) is 0 Å². The number of benzene rings is 1. The molecule has 1 rings (SSSR count). The van der Waals surface area contributed by atoms with Crippen LogP contribution in [0.4, 0.5) is 0 Å². The van der Waals surface area contributed by atoms with E-state index in [9.17, 15) is 4.79 Å². The van der Waals surface area contributed by atoms with Gasteiger partial charge in [-0.25, -0.2) is 0 Å². The van der Waals surface area contributed by atoms with Gasteiger partial charge in [0.25, 0.3) is 5.91 Å². The van der Waals surface area contributed by atoms with E-state index in [0.29, 0.717) is 41.2 Å². The van der Waals surface area contributed by atoms with E-state index >= 15 is 0 Å². The Labute approximate surface area is 143 Å². The third kappa shape index (κ3) is 4.83. The van der Waals surface area contributed by atoms with Crippen LogP contribution < -0.4 is 14.8 Å². The minimum absolute atomic E-state index is 0.306. The smallest absolute Gasteiger partial charge is 0.254 e. The van der Waals surface area contributed by atoms with Gasteiger partial charge in [-0.1, -0.05) is 6.92 Å². The fourth-order valence-corrected chi connectivity index (χ4v) is 2.27. The molecule has 24 heavy (non-hydrogen) atoms. The highest BCUT2D eigenvalue weighted by Crippen LogP contribution is 2.31. The predicted octanol–water partition coefficient (Wildman–Crippen LogP) is 3.02. The zero-order chi connectivity index (χ0) is 18.1. The van der Waals surface area contributed by atoms with Gasteiger partial charge in [0.15, 0.2) is 0 Å². The SMILES string of the molecule is CCOC(CC)NC(=O)/C(=C(/C)C=N)c1ccc(OC)cc1OC. The van der Waals surface area contributed by atoms with E-state index in [0.717, 1.165) is 6.21 Å². The molecule has 0 radical (unpaired) electrons. The summed E-state index contributed by atoms with van der Waals surface area (Å²) < 4.78 is 16.1. The lowest BCUT2D eigenvalue weighted by molar-refractivity contribution is -0.119. The van der Waals surface area contributed by atoms with Crippen LogP contribution in [0.15, 0.2) is 23.8 Å². The molecule has 0 aromatic heterocycles. The second-order valence-electron chi connectivity index (χ2n) is 5.09. The van der Waals surface area contributed by atoms with Crippen LogP contribution in [-0.2, 0) is 9.53 Å². The first-order valence-corrected chi connectivity index (χ1v) is 7.88. The highest BCUT2D eigenvalue weighted by atomic mass is 16.5. The summed E-state index contributed by atoms with van der Waals surface area (Å²) in [4.78, 5) is 12.8. The number of hydrogen-bond acceptors (Lipinski definition) is 5. The number of hydrogen-bond donors (Lipinski definition) is 2. The molecule has 0 aliphatic carbocycles. The Kier molecular flexibility index (Phi) is 7.98. The number of methoxy groups -OCH3 is 2. The van der Waals surface area contributed by atoms with Crippen molar-refractivity contribution in [2.24, 2.45) is 0 Å². The van der Waals surface area contributed by atoms with Gasteiger partial charge in [-0.2, -0.15) is 0 Å². The van der Waals surface area contributed by atoms with Crippen molar-refractivity contribution in [3.8, 4) is 11.5 Å². The Morgan fingerprint density at radius 2 is 2.00 bits per heavy atom. The second kappa shape index (κ2) is 9.72. The van der Waals surface area contributed by atoms with Crippen LogP contribution in [0.5, 0.6) is 11.5 Å². The fraction of sp³-hybridized carbons (Fsp3) is 0.444. The third-order valence-electron chi connectivity index (χ3n) is 3.55. The Hall–Kier alpha value is -2.34. The lowest BCUT2D eigenvalue weighted by atomic mass is 9.98. The minimum Gasteiger partial charge on any atom is -0.497 e. The zero-order valence-corrected chi connectivity index (χ0v) is 14.9. The number of amides is 1. The van der Waals surface area contributed by atoms with Crippen LogP contribution in [0.25, 0.3) is 5.57 Å². The molecule has 132 valence electrons. The summed E-state index contributed by atoms with van der Waals surface area (Å²) in [5.41, 5.74) is 1.51. The molecule has 1 aromatic carbocycles. The van der Waals surface area contributed by atoms with E-state index in [1.807, 2.05) is 13.8 Å². The van der Waals surface area contributed by atoms with E-state index < -0.39 is 0 Å². The summed E-state index contributed by atoms with van der Waals surface area (Å²) in [5.74, 6) is 0.827. The summed E-state index contributed by atoms with van der Waals surface area (Å²) >= 11 is 0. The second-order valence-corrected chi connectivity index (χ2v) is 5.09. The van der Waals surface area contributed by atoms with Crippen molar-refractivity contribution < 1.29 is 19.0 Å². The Morgan fingerprint density at radius 1 is 1.29 bits per heavy atom. The van der Waals surface area contributed by atoms with Crippen molar-refractivity contribution in [1.29, 1.82) is 5.41 Å². The maximum Gasteiger partial charge on any atom is 0.254 e. The summed E-state index contributed by atoms with van der Waals surface area (Å²) in [6, 6.07) is 5.21. The molecule has 0 fully saturated rings. The Balaban J connectivity index is 3.29. The number of rotatable bonds is 9. The van der Waals surface area contributed by atoms with Gasteiger partial charge in [-0.05, 0) is 38.0 Å². The van der Waals surface area contributed by atoms with Crippen LogP contribution in [0.3, 0.4) is 0 Å². The van der Waals surface area contributed by atoms with Crippen LogP contribution in [-0.4, -0.2) is 39.2 Å². The molecule has 1 unspecified atom stereocenters. The molecule has 1 aromatic rings. The lowest BCUT2D eigenvalue weighted by Crippen LogP contribution is -2.37. The molecular formula is C18H26N2O4. The van der Waals surface area contributed by atoms with Gasteiger partial charge < -0.3 is 24.9 Å². The first-order chi connectivity index (χ1) is 11.5. The molecule has 0 aliphatic rings. The highest BCUT2D eigenvalue weighted by molar-refractivity contribution is 6.24. The summed E-state index contributed by atoms with van der Waals surface area (Å²) in [5, 5.41) is 10.4. The van der Waals surface area contributed by atoms with E-state index in [2.05, 4.69) is 5.32 Å². The zero-order valence-electron chi connectivity index (χ0n) is 14.9. The maximum atomic E-state index is 12.8. The number of carbonyl (C=O) groups is 1. The average Bonchev–Trinajstić information content (AvgIpc) is 2.61. The molecular weight excluding hydrogens is 308 g/mol. The summed E-state index contributed by atoms with van der Waals surface area (Å²) in [6.07, 6.45) is 1.43. The van der Waals surface area contributed by atoms with Crippen molar-refractivity contribution in [2.75, 3.05) is 20.8 Å². The molecule has 0 heterocycles. The lowest BCUT2D eigenvalue weighted by Gasteiger charge is -2.20. The maximum absolute atomic E-state index is 12.8. The standard InChI is InChI=1S/C18H26N2O4/c1-6-16(24-7-2)20-18(21)17(12(3)11-19)14-9-8-13(22-4)10-15(14)23-5/h8-11,16,19H,6-7H2,1-5H3,(H,20,21)/b17-12-,19-11?. The quantitative estimate of drug-likeness (QED) is 0.413. The van der Waals surface area contributed by atoms with E-state index in [4.69, 9.17) is 19.6 Å². The third-order valence-corrected chi connectivity index (χ3v) is 3.55. The van der Waals surface area contributed by atoms with Crippen LogP contribution in [0, 0.1) is 5.41 Å². The van der Waals surface area contributed by atoms with Gasteiger partial charge in [-0.3, -0.25) is 4.79 Å². The number of ether oxygens (including phenoxy) is 3. The fourth-order valence-electron chi connectivity index (χ4n) is 2.27.